The van der Waals surface area contributed by atoms with Crippen molar-refractivity contribution in [2.45, 2.75) is 12.8 Å². The molecule has 8 heteroatoms. The maximum Gasteiger partial charge on any atom is 0.313 e. The van der Waals surface area contributed by atoms with E-state index in [1.165, 1.54) is 30.6 Å². The maximum atomic E-state index is 13.3. The zero-order chi connectivity index (χ0) is 18.7. The Morgan fingerprint density at radius 2 is 2.27 bits per heavy atom. The second-order valence-corrected chi connectivity index (χ2v) is 7.27. The number of likely N-dealkylation sites (tertiary alicyclic amines) is 1. The molecular weight excluding hydrogens is 359 g/mol. The van der Waals surface area contributed by atoms with Gasteiger partial charge in [0.1, 0.15) is 16.2 Å². The molecule has 1 fully saturated rings. The van der Waals surface area contributed by atoms with Crippen molar-refractivity contribution in [2.75, 3.05) is 26.8 Å². The molecule has 1 aromatic carbocycles. The number of rotatable bonds is 6. The SMILES string of the molecule is COCC1(C(=O)O)CCN(C(=O)Cc2csc(-c3cccc(F)c3)n2)C1. The number of aromatic nitrogens is 1. The monoisotopic (exact) mass is 378 g/mol. The minimum Gasteiger partial charge on any atom is -0.481 e. The van der Waals surface area contributed by atoms with Crippen molar-refractivity contribution >= 4 is 23.2 Å². The molecule has 1 atom stereocenters. The predicted octanol–water partition coefficient (Wildman–Crippen LogP) is 2.44. The summed E-state index contributed by atoms with van der Waals surface area (Å²) in [5.74, 6) is -1.45. The van der Waals surface area contributed by atoms with Crippen LogP contribution in [0.4, 0.5) is 4.39 Å². The van der Waals surface area contributed by atoms with Crippen molar-refractivity contribution in [3.05, 3.63) is 41.2 Å². The number of benzene rings is 1. The lowest BCUT2D eigenvalue weighted by Crippen LogP contribution is -2.40. The summed E-state index contributed by atoms with van der Waals surface area (Å²) < 4.78 is 18.4. The van der Waals surface area contributed by atoms with Crippen LogP contribution in [0.1, 0.15) is 12.1 Å². The van der Waals surface area contributed by atoms with E-state index in [-0.39, 0.29) is 31.3 Å². The highest BCUT2D eigenvalue weighted by molar-refractivity contribution is 7.13. The van der Waals surface area contributed by atoms with E-state index >= 15 is 0 Å². The average molecular weight is 378 g/mol. The van der Waals surface area contributed by atoms with Crippen molar-refractivity contribution in [2.24, 2.45) is 5.41 Å². The molecule has 1 aliphatic rings. The molecule has 138 valence electrons. The predicted molar refractivity (Wildman–Crippen MR) is 94.4 cm³/mol. The number of methoxy groups -OCH3 is 1. The fourth-order valence-electron chi connectivity index (χ4n) is 3.12. The quantitative estimate of drug-likeness (QED) is 0.835. The molecule has 0 spiro atoms. The lowest BCUT2D eigenvalue weighted by Gasteiger charge is -2.23. The van der Waals surface area contributed by atoms with Crippen molar-refractivity contribution in [1.29, 1.82) is 0 Å². The van der Waals surface area contributed by atoms with E-state index in [0.29, 0.717) is 29.2 Å². The summed E-state index contributed by atoms with van der Waals surface area (Å²) >= 11 is 1.35. The van der Waals surface area contributed by atoms with Gasteiger partial charge in [0.25, 0.3) is 0 Å². The number of thiazole rings is 1. The molecule has 1 aromatic heterocycles. The molecule has 0 radical (unpaired) electrons. The Bertz CT molecular complexity index is 825. The topological polar surface area (TPSA) is 79.7 Å². The minimum atomic E-state index is -1.04. The Balaban J connectivity index is 1.67. The van der Waals surface area contributed by atoms with Gasteiger partial charge in [-0.1, -0.05) is 12.1 Å². The first-order valence-corrected chi connectivity index (χ1v) is 9.02. The summed E-state index contributed by atoms with van der Waals surface area (Å²) in [6.45, 7) is 0.595. The van der Waals surface area contributed by atoms with Crippen LogP contribution in [0.2, 0.25) is 0 Å². The van der Waals surface area contributed by atoms with Crippen LogP contribution in [0.15, 0.2) is 29.6 Å². The number of carboxylic acid groups (broad SMARTS) is 1. The molecule has 2 aromatic rings. The van der Waals surface area contributed by atoms with Crippen molar-refractivity contribution in [1.82, 2.24) is 9.88 Å². The molecule has 0 aliphatic carbocycles. The first-order valence-electron chi connectivity index (χ1n) is 8.14. The van der Waals surface area contributed by atoms with Gasteiger partial charge in [-0.3, -0.25) is 9.59 Å². The van der Waals surface area contributed by atoms with Gasteiger partial charge in [0.15, 0.2) is 0 Å². The van der Waals surface area contributed by atoms with Gasteiger partial charge in [0, 0.05) is 31.1 Å². The number of nitrogens with zero attached hydrogens (tertiary/aromatic N) is 2. The first kappa shape index (κ1) is 18.5. The molecular formula is C18H19FN2O4S. The van der Waals surface area contributed by atoms with Crippen LogP contribution in [-0.4, -0.2) is 53.7 Å². The summed E-state index contributed by atoms with van der Waals surface area (Å²) in [6, 6.07) is 6.14. The number of hydrogen-bond donors (Lipinski definition) is 1. The molecule has 0 saturated carbocycles. The lowest BCUT2D eigenvalue weighted by atomic mass is 9.88. The van der Waals surface area contributed by atoms with E-state index in [4.69, 9.17) is 4.74 Å². The Morgan fingerprint density at radius 3 is 2.96 bits per heavy atom. The number of carbonyl (C=O) groups excluding carboxylic acids is 1. The van der Waals surface area contributed by atoms with Crippen molar-refractivity contribution in [3.63, 3.8) is 0 Å². The van der Waals surface area contributed by atoms with E-state index in [1.54, 1.807) is 22.4 Å². The van der Waals surface area contributed by atoms with Crippen LogP contribution in [0.5, 0.6) is 0 Å². The van der Waals surface area contributed by atoms with Crippen molar-refractivity contribution < 1.29 is 23.8 Å². The summed E-state index contributed by atoms with van der Waals surface area (Å²) in [4.78, 5) is 30.0. The standard InChI is InChI=1S/C18H19FN2O4S/c1-25-11-18(17(23)24)5-6-21(10-18)15(22)8-14-9-26-16(20-14)12-3-2-4-13(19)7-12/h2-4,7,9H,5-6,8,10-11H2,1H3,(H,23,24). The number of ether oxygens (including phenoxy) is 1. The van der Waals surface area contributed by atoms with Gasteiger partial charge in [-0.05, 0) is 18.6 Å². The van der Waals surface area contributed by atoms with E-state index in [0.717, 1.165) is 0 Å². The largest absolute Gasteiger partial charge is 0.481 e. The second-order valence-electron chi connectivity index (χ2n) is 6.41. The molecule has 0 bridgehead atoms. The molecule has 1 N–H and O–H groups in total. The minimum absolute atomic E-state index is 0.0759. The van der Waals surface area contributed by atoms with Gasteiger partial charge in [-0.2, -0.15) is 0 Å². The van der Waals surface area contributed by atoms with E-state index in [2.05, 4.69) is 4.98 Å². The molecule has 2 heterocycles. The average Bonchev–Trinajstić information content (AvgIpc) is 3.23. The van der Waals surface area contributed by atoms with Gasteiger partial charge in [0.05, 0.1) is 18.7 Å². The lowest BCUT2D eigenvalue weighted by molar-refractivity contribution is -0.151. The second kappa shape index (κ2) is 7.51. The normalized spacial score (nSPS) is 19.7. The van der Waals surface area contributed by atoms with Crippen LogP contribution in [0.25, 0.3) is 10.6 Å². The molecule has 1 unspecified atom stereocenters. The Kier molecular flexibility index (Phi) is 5.33. The Hall–Kier alpha value is -2.32. The molecule has 1 aliphatic heterocycles. The number of hydrogen-bond acceptors (Lipinski definition) is 5. The molecule has 6 nitrogen and oxygen atoms in total. The first-order chi connectivity index (χ1) is 12.4. The highest BCUT2D eigenvalue weighted by atomic mass is 32.1. The van der Waals surface area contributed by atoms with Gasteiger partial charge in [0.2, 0.25) is 5.91 Å². The van der Waals surface area contributed by atoms with Crippen LogP contribution < -0.4 is 0 Å². The summed E-state index contributed by atoms with van der Waals surface area (Å²) in [5, 5.41) is 11.9. The van der Waals surface area contributed by atoms with E-state index in [1.807, 2.05) is 0 Å². The third-order valence-corrected chi connectivity index (χ3v) is 5.48. The molecule has 3 rings (SSSR count). The molecule has 1 saturated heterocycles. The maximum absolute atomic E-state index is 13.3. The number of halogens is 1. The van der Waals surface area contributed by atoms with Crippen LogP contribution >= 0.6 is 11.3 Å². The van der Waals surface area contributed by atoms with Gasteiger partial charge in [-0.15, -0.1) is 11.3 Å². The number of carbonyl (C=O) groups is 2. The number of amides is 1. The van der Waals surface area contributed by atoms with Gasteiger partial charge in [-0.25, -0.2) is 9.37 Å². The Morgan fingerprint density at radius 1 is 1.46 bits per heavy atom. The highest BCUT2D eigenvalue weighted by Crippen LogP contribution is 2.32. The van der Waals surface area contributed by atoms with E-state index in [9.17, 15) is 19.1 Å². The number of carboxylic acids is 1. The van der Waals surface area contributed by atoms with Gasteiger partial charge < -0.3 is 14.7 Å². The summed E-state index contributed by atoms with van der Waals surface area (Å²) in [6.07, 6.45) is 0.460. The Labute approximate surface area is 154 Å². The number of aliphatic carboxylic acids is 1. The smallest absolute Gasteiger partial charge is 0.313 e. The zero-order valence-corrected chi connectivity index (χ0v) is 15.1. The highest BCUT2D eigenvalue weighted by Gasteiger charge is 2.46. The zero-order valence-electron chi connectivity index (χ0n) is 14.3. The molecule has 26 heavy (non-hydrogen) atoms. The van der Waals surface area contributed by atoms with Crippen LogP contribution in [0, 0.1) is 11.2 Å². The summed E-state index contributed by atoms with van der Waals surface area (Å²) in [5.41, 5.74) is 0.220. The third kappa shape index (κ3) is 3.76. The fraction of sp³-hybridized carbons (Fsp3) is 0.389. The third-order valence-electron chi connectivity index (χ3n) is 4.54. The van der Waals surface area contributed by atoms with Crippen molar-refractivity contribution in [3.8, 4) is 10.6 Å². The summed E-state index contributed by atoms with van der Waals surface area (Å²) in [7, 11) is 1.46. The van der Waals surface area contributed by atoms with Crippen LogP contribution in [0.3, 0.4) is 0 Å². The fourth-order valence-corrected chi connectivity index (χ4v) is 3.94. The van der Waals surface area contributed by atoms with Gasteiger partial charge >= 0.3 is 5.97 Å². The van der Waals surface area contributed by atoms with E-state index < -0.39 is 11.4 Å². The van der Waals surface area contributed by atoms with Crippen LogP contribution in [-0.2, 0) is 20.7 Å². The molecule has 1 amide bonds.